The number of hydrogen-bond donors (Lipinski definition) is 1. The van der Waals surface area contributed by atoms with Crippen LogP contribution < -0.4 is 5.32 Å². The molecule has 3 rings (SSSR count). The van der Waals surface area contributed by atoms with Gasteiger partial charge in [0.15, 0.2) is 5.96 Å². The number of likely N-dealkylation sites (tertiary alicyclic amines) is 1. The van der Waals surface area contributed by atoms with E-state index in [0.717, 1.165) is 77.6 Å². The summed E-state index contributed by atoms with van der Waals surface area (Å²) in [6, 6.07) is 10.8. The van der Waals surface area contributed by atoms with Gasteiger partial charge in [-0.15, -0.1) is 0 Å². The van der Waals surface area contributed by atoms with Gasteiger partial charge in [0, 0.05) is 46.0 Å². The minimum absolute atomic E-state index is 0.383. The largest absolute Gasteiger partial charge is 0.381 e. The van der Waals surface area contributed by atoms with Gasteiger partial charge in [0.2, 0.25) is 0 Å². The summed E-state index contributed by atoms with van der Waals surface area (Å²) in [5, 5.41) is 3.47. The highest BCUT2D eigenvalue weighted by Crippen LogP contribution is 2.21. The molecule has 1 atom stereocenters. The summed E-state index contributed by atoms with van der Waals surface area (Å²) in [6.07, 6.45) is 5.83. The van der Waals surface area contributed by atoms with E-state index in [4.69, 9.17) is 14.5 Å². The molecule has 0 radical (unpaired) electrons. The standard InChI is InChI=1S/C22H35N3O2/c1-2-23-22(24-12-6-14-27-21-10-15-26-16-11-21)25-13-9-20(18-25)17-19-7-4-3-5-8-19/h3-5,7-8,20-21H,2,6,9-18H2,1H3,(H,23,24). The van der Waals surface area contributed by atoms with Crippen LogP contribution in [0.1, 0.15) is 38.2 Å². The van der Waals surface area contributed by atoms with Crippen molar-refractivity contribution in [2.45, 2.75) is 45.1 Å². The Morgan fingerprint density at radius 2 is 2.04 bits per heavy atom. The third-order valence-corrected chi connectivity index (χ3v) is 5.37. The molecule has 27 heavy (non-hydrogen) atoms. The topological polar surface area (TPSA) is 46.1 Å². The zero-order valence-corrected chi connectivity index (χ0v) is 16.7. The Balaban J connectivity index is 1.40. The quantitative estimate of drug-likeness (QED) is 0.432. The third-order valence-electron chi connectivity index (χ3n) is 5.37. The van der Waals surface area contributed by atoms with Crippen molar-refractivity contribution in [2.24, 2.45) is 10.9 Å². The fraction of sp³-hybridized carbons (Fsp3) is 0.682. The summed E-state index contributed by atoms with van der Waals surface area (Å²) in [5.74, 6) is 1.78. The lowest BCUT2D eigenvalue weighted by atomic mass is 9.99. The van der Waals surface area contributed by atoms with Gasteiger partial charge in [-0.25, -0.2) is 0 Å². The lowest BCUT2D eigenvalue weighted by Crippen LogP contribution is -2.40. The molecule has 2 heterocycles. The second kappa shape index (κ2) is 11.3. The molecule has 0 amide bonds. The molecular weight excluding hydrogens is 338 g/mol. The maximum absolute atomic E-state index is 5.95. The molecule has 0 aliphatic carbocycles. The van der Waals surface area contributed by atoms with Gasteiger partial charge in [-0.3, -0.25) is 4.99 Å². The minimum Gasteiger partial charge on any atom is -0.381 e. The van der Waals surface area contributed by atoms with Gasteiger partial charge in [-0.2, -0.15) is 0 Å². The van der Waals surface area contributed by atoms with Crippen LogP contribution in [0.15, 0.2) is 35.3 Å². The molecular formula is C22H35N3O2. The lowest BCUT2D eigenvalue weighted by molar-refractivity contribution is -0.0318. The maximum atomic E-state index is 5.95. The fourth-order valence-corrected chi connectivity index (χ4v) is 3.91. The lowest BCUT2D eigenvalue weighted by Gasteiger charge is -2.23. The van der Waals surface area contributed by atoms with Crippen molar-refractivity contribution >= 4 is 5.96 Å². The Bertz CT molecular complexity index is 558. The van der Waals surface area contributed by atoms with Gasteiger partial charge in [0.1, 0.15) is 0 Å². The van der Waals surface area contributed by atoms with Crippen LogP contribution in [0.4, 0.5) is 0 Å². The molecule has 2 aliphatic rings. The number of rotatable bonds is 8. The van der Waals surface area contributed by atoms with E-state index in [1.165, 1.54) is 12.0 Å². The predicted octanol–water partition coefficient (Wildman–Crippen LogP) is 3.10. The summed E-state index contributed by atoms with van der Waals surface area (Å²) < 4.78 is 11.3. The first kappa shape index (κ1) is 20.2. The average molecular weight is 374 g/mol. The Labute approximate surface area is 164 Å². The van der Waals surface area contributed by atoms with E-state index in [1.807, 2.05) is 0 Å². The summed E-state index contributed by atoms with van der Waals surface area (Å²) in [4.78, 5) is 7.27. The zero-order chi connectivity index (χ0) is 18.7. The van der Waals surface area contributed by atoms with Gasteiger partial charge in [-0.05, 0) is 50.5 Å². The van der Waals surface area contributed by atoms with E-state index in [-0.39, 0.29) is 0 Å². The molecule has 5 heteroatoms. The van der Waals surface area contributed by atoms with Crippen molar-refractivity contribution in [1.29, 1.82) is 0 Å². The van der Waals surface area contributed by atoms with Gasteiger partial charge in [-0.1, -0.05) is 30.3 Å². The number of ether oxygens (including phenoxy) is 2. The van der Waals surface area contributed by atoms with E-state index in [1.54, 1.807) is 0 Å². The summed E-state index contributed by atoms with van der Waals surface area (Å²) in [6.45, 7) is 8.55. The van der Waals surface area contributed by atoms with E-state index in [2.05, 4.69) is 47.5 Å². The van der Waals surface area contributed by atoms with Crippen LogP contribution in [-0.4, -0.2) is 63.0 Å². The highest BCUT2D eigenvalue weighted by molar-refractivity contribution is 5.80. The Morgan fingerprint density at radius 3 is 2.81 bits per heavy atom. The second-order valence-corrected chi connectivity index (χ2v) is 7.56. The fourth-order valence-electron chi connectivity index (χ4n) is 3.91. The number of benzene rings is 1. The maximum Gasteiger partial charge on any atom is 0.193 e. The minimum atomic E-state index is 0.383. The number of nitrogens with zero attached hydrogens (tertiary/aromatic N) is 2. The van der Waals surface area contributed by atoms with Crippen molar-refractivity contribution in [3.05, 3.63) is 35.9 Å². The first-order chi connectivity index (χ1) is 13.3. The SMILES string of the molecule is CCNC(=NCCCOC1CCOCC1)N1CCC(Cc2ccccc2)C1. The number of guanidine groups is 1. The normalized spacial score (nSPS) is 21.6. The molecule has 2 fully saturated rings. The van der Waals surface area contributed by atoms with Crippen LogP contribution >= 0.6 is 0 Å². The van der Waals surface area contributed by atoms with Crippen molar-refractivity contribution < 1.29 is 9.47 Å². The molecule has 2 saturated heterocycles. The molecule has 2 aliphatic heterocycles. The Kier molecular flexibility index (Phi) is 8.43. The van der Waals surface area contributed by atoms with Crippen molar-refractivity contribution in [1.82, 2.24) is 10.2 Å². The van der Waals surface area contributed by atoms with Crippen molar-refractivity contribution in [2.75, 3.05) is 46.0 Å². The van der Waals surface area contributed by atoms with Gasteiger partial charge in [0.25, 0.3) is 0 Å². The molecule has 0 spiro atoms. The third kappa shape index (κ3) is 6.82. The summed E-state index contributed by atoms with van der Waals surface area (Å²) in [5.41, 5.74) is 1.44. The van der Waals surface area contributed by atoms with Gasteiger partial charge >= 0.3 is 0 Å². The van der Waals surface area contributed by atoms with Gasteiger partial charge in [0.05, 0.1) is 6.10 Å². The Hall–Kier alpha value is -1.59. The highest BCUT2D eigenvalue weighted by Gasteiger charge is 2.24. The first-order valence-corrected chi connectivity index (χ1v) is 10.6. The molecule has 5 nitrogen and oxygen atoms in total. The predicted molar refractivity (Wildman–Crippen MR) is 110 cm³/mol. The summed E-state index contributed by atoms with van der Waals surface area (Å²) >= 11 is 0. The molecule has 1 unspecified atom stereocenters. The second-order valence-electron chi connectivity index (χ2n) is 7.56. The monoisotopic (exact) mass is 373 g/mol. The number of nitrogens with one attached hydrogen (secondary N) is 1. The number of aliphatic imine (C=N–C) groups is 1. The molecule has 1 aromatic rings. The highest BCUT2D eigenvalue weighted by atomic mass is 16.5. The molecule has 0 saturated carbocycles. The van der Waals surface area contributed by atoms with E-state index in [9.17, 15) is 0 Å². The molecule has 0 aromatic heterocycles. The Morgan fingerprint density at radius 1 is 1.22 bits per heavy atom. The average Bonchev–Trinajstić information content (AvgIpc) is 3.17. The van der Waals surface area contributed by atoms with Crippen molar-refractivity contribution in [3.63, 3.8) is 0 Å². The zero-order valence-electron chi connectivity index (χ0n) is 16.7. The molecule has 0 bridgehead atoms. The van der Waals surface area contributed by atoms with E-state index < -0.39 is 0 Å². The van der Waals surface area contributed by atoms with E-state index >= 15 is 0 Å². The van der Waals surface area contributed by atoms with Crippen LogP contribution in [0.25, 0.3) is 0 Å². The van der Waals surface area contributed by atoms with Crippen LogP contribution in [-0.2, 0) is 15.9 Å². The first-order valence-electron chi connectivity index (χ1n) is 10.6. The molecule has 1 aromatic carbocycles. The van der Waals surface area contributed by atoms with Crippen LogP contribution in [0.5, 0.6) is 0 Å². The molecule has 1 N–H and O–H groups in total. The smallest absolute Gasteiger partial charge is 0.193 e. The van der Waals surface area contributed by atoms with Gasteiger partial charge < -0.3 is 19.7 Å². The van der Waals surface area contributed by atoms with Crippen molar-refractivity contribution in [3.8, 4) is 0 Å². The van der Waals surface area contributed by atoms with Crippen LogP contribution in [0.3, 0.4) is 0 Å². The number of hydrogen-bond acceptors (Lipinski definition) is 3. The van der Waals surface area contributed by atoms with Crippen LogP contribution in [0.2, 0.25) is 0 Å². The van der Waals surface area contributed by atoms with Crippen LogP contribution in [0, 0.1) is 5.92 Å². The van der Waals surface area contributed by atoms with E-state index in [0.29, 0.717) is 12.0 Å². The molecule has 150 valence electrons. The summed E-state index contributed by atoms with van der Waals surface area (Å²) in [7, 11) is 0.